The van der Waals surface area contributed by atoms with Crippen LogP contribution in [0.1, 0.15) is 29.2 Å². The summed E-state index contributed by atoms with van der Waals surface area (Å²) in [7, 11) is 1.60. The molecule has 1 heterocycles. The zero-order valence-corrected chi connectivity index (χ0v) is 20.3. The van der Waals surface area contributed by atoms with Crippen molar-refractivity contribution in [2.75, 3.05) is 13.7 Å². The van der Waals surface area contributed by atoms with Gasteiger partial charge in [-0.25, -0.2) is 9.40 Å². The Labute approximate surface area is 213 Å². The second-order valence-electron chi connectivity index (χ2n) is 8.80. The van der Waals surface area contributed by atoms with Crippen LogP contribution in [0.2, 0.25) is 0 Å². The minimum absolute atomic E-state index is 0.0545. The van der Waals surface area contributed by atoms with Crippen molar-refractivity contribution in [2.24, 2.45) is 5.10 Å². The maximum atomic E-state index is 13.2. The summed E-state index contributed by atoms with van der Waals surface area (Å²) in [6.45, 7) is -0.443. The fourth-order valence-corrected chi connectivity index (χ4v) is 4.40. The lowest BCUT2D eigenvalue weighted by Gasteiger charge is -2.22. The standard InChI is InChI=1S/C30H25FN2O4/c1-36-26-14-10-22(11-15-26)28-18-27(24-9-8-21-4-2-3-5-23(21)17-24)32-33(28)29(34)19-37-30(35)16-20-6-12-25(31)13-7-20/h2-15,17,28H,16,18-19H2,1H3. The summed E-state index contributed by atoms with van der Waals surface area (Å²) in [6.07, 6.45) is 0.459. The van der Waals surface area contributed by atoms with Crippen molar-refractivity contribution < 1.29 is 23.5 Å². The molecule has 186 valence electrons. The van der Waals surface area contributed by atoms with Crippen LogP contribution in [0.5, 0.6) is 5.75 Å². The van der Waals surface area contributed by atoms with Crippen LogP contribution in [0.3, 0.4) is 0 Å². The fraction of sp³-hybridized carbons (Fsp3) is 0.167. The topological polar surface area (TPSA) is 68.2 Å². The number of nitrogens with zero attached hydrogens (tertiary/aromatic N) is 2. The molecule has 1 amide bonds. The summed E-state index contributed by atoms with van der Waals surface area (Å²) in [5.74, 6) is -0.668. The van der Waals surface area contributed by atoms with Crippen LogP contribution >= 0.6 is 0 Å². The van der Waals surface area contributed by atoms with Crippen molar-refractivity contribution in [1.82, 2.24) is 5.01 Å². The highest BCUT2D eigenvalue weighted by Gasteiger charge is 2.33. The number of ether oxygens (including phenoxy) is 2. The molecule has 0 spiro atoms. The molecule has 0 saturated heterocycles. The van der Waals surface area contributed by atoms with Gasteiger partial charge in [-0.05, 0) is 57.8 Å². The fourth-order valence-electron chi connectivity index (χ4n) is 4.40. The molecule has 1 atom stereocenters. The van der Waals surface area contributed by atoms with E-state index in [0.717, 1.165) is 27.6 Å². The van der Waals surface area contributed by atoms with Crippen LogP contribution < -0.4 is 4.74 Å². The zero-order chi connectivity index (χ0) is 25.8. The molecule has 7 heteroatoms. The van der Waals surface area contributed by atoms with Crippen LogP contribution in [0.25, 0.3) is 10.8 Å². The predicted molar refractivity (Wildman–Crippen MR) is 139 cm³/mol. The van der Waals surface area contributed by atoms with Gasteiger partial charge in [0, 0.05) is 6.42 Å². The highest BCUT2D eigenvalue weighted by molar-refractivity contribution is 6.05. The van der Waals surface area contributed by atoms with Crippen LogP contribution in [-0.4, -0.2) is 36.3 Å². The van der Waals surface area contributed by atoms with Gasteiger partial charge in [-0.1, -0.05) is 60.7 Å². The molecular weight excluding hydrogens is 471 g/mol. The lowest BCUT2D eigenvalue weighted by atomic mass is 9.97. The first kappa shape index (κ1) is 24.2. The Morgan fingerprint density at radius 1 is 0.946 bits per heavy atom. The van der Waals surface area contributed by atoms with Gasteiger partial charge in [-0.3, -0.25) is 9.59 Å². The molecule has 0 aliphatic carbocycles. The number of hydrogen-bond acceptors (Lipinski definition) is 5. The minimum atomic E-state index is -0.570. The summed E-state index contributed by atoms with van der Waals surface area (Å²) in [6, 6.07) is 26.9. The second kappa shape index (κ2) is 10.6. The molecule has 1 aliphatic heterocycles. The number of halogens is 1. The minimum Gasteiger partial charge on any atom is -0.497 e. The Bertz CT molecular complexity index is 1470. The Kier molecular flexibility index (Phi) is 6.94. The van der Waals surface area contributed by atoms with E-state index >= 15 is 0 Å². The normalized spacial score (nSPS) is 14.9. The SMILES string of the molecule is COc1ccc(C2CC(c3ccc4ccccc4c3)=NN2C(=O)COC(=O)Cc2ccc(F)cc2)cc1. The van der Waals surface area contributed by atoms with Gasteiger partial charge in [0.1, 0.15) is 11.6 Å². The second-order valence-corrected chi connectivity index (χ2v) is 8.80. The summed E-state index contributed by atoms with van der Waals surface area (Å²) < 4.78 is 23.6. The van der Waals surface area contributed by atoms with Crippen molar-refractivity contribution in [3.05, 3.63) is 114 Å². The van der Waals surface area contributed by atoms with Crippen molar-refractivity contribution >= 4 is 28.4 Å². The molecule has 1 unspecified atom stereocenters. The molecule has 4 aromatic carbocycles. The van der Waals surface area contributed by atoms with Gasteiger partial charge >= 0.3 is 5.97 Å². The summed E-state index contributed by atoms with van der Waals surface area (Å²) in [5.41, 5.74) is 3.21. The molecule has 5 rings (SSSR count). The van der Waals surface area contributed by atoms with Gasteiger partial charge in [-0.2, -0.15) is 5.10 Å². The van der Waals surface area contributed by atoms with E-state index in [9.17, 15) is 14.0 Å². The van der Waals surface area contributed by atoms with Crippen molar-refractivity contribution in [3.8, 4) is 5.75 Å². The number of rotatable bonds is 7. The first-order valence-corrected chi connectivity index (χ1v) is 11.9. The number of hydrogen-bond donors (Lipinski definition) is 0. The molecule has 6 nitrogen and oxygen atoms in total. The smallest absolute Gasteiger partial charge is 0.310 e. The lowest BCUT2D eigenvalue weighted by Crippen LogP contribution is -2.31. The van der Waals surface area contributed by atoms with Crippen molar-refractivity contribution in [1.29, 1.82) is 0 Å². The van der Waals surface area contributed by atoms with Crippen LogP contribution in [0.15, 0.2) is 96.1 Å². The van der Waals surface area contributed by atoms with E-state index in [1.165, 1.54) is 29.3 Å². The maximum absolute atomic E-state index is 13.2. The van der Waals surface area contributed by atoms with E-state index < -0.39 is 18.5 Å². The molecular formula is C30H25FN2O4. The molecule has 4 aromatic rings. The maximum Gasteiger partial charge on any atom is 0.310 e. The average molecular weight is 497 g/mol. The first-order chi connectivity index (χ1) is 18.0. The van der Waals surface area contributed by atoms with Crippen molar-refractivity contribution in [3.63, 3.8) is 0 Å². The number of hydrazone groups is 1. The number of amides is 1. The van der Waals surface area contributed by atoms with Gasteiger partial charge in [-0.15, -0.1) is 0 Å². The Balaban J connectivity index is 1.35. The summed E-state index contributed by atoms with van der Waals surface area (Å²) in [5, 5.41) is 8.28. The molecule has 1 aliphatic rings. The third-order valence-electron chi connectivity index (χ3n) is 6.37. The number of fused-ring (bicyclic) bond motifs is 1. The monoisotopic (exact) mass is 496 g/mol. The van der Waals surface area contributed by atoms with E-state index in [1.807, 2.05) is 60.7 Å². The average Bonchev–Trinajstić information content (AvgIpc) is 3.38. The van der Waals surface area contributed by atoms with Crippen molar-refractivity contribution in [2.45, 2.75) is 18.9 Å². The van der Waals surface area contributed by atoms with Crippen LogP contribution in [0, 0.1) is 5.82 Å². The third-order valence-corrected chi connectivity index (χ3v) is 6.37. The number of benzene rings is 4. The molecule has 0 fully saturated rings. The molecule has 0 bridgehead atoms. The first-order valence-electron chi connectivity index (χ1n) is 11.9. The Morgan fingerprint density at radius 3 is 2.41 bits per heavy atom. The molecule has 0 saturated carbocycles. The van der Waals surface area contributed by atoms with E-state index in [0.29, 0.717) is 17.7 Å². The van der Waals surface area contributed by atoms with Crippen LogP contribution in [0.4, 0.5) is 4.39 Å². The largest absolute Gasteiger partial charge is 0.497 e. The Morgan fingerprint density at radius 2 is 1.68 bits per heavy atom. The van der Waals surface area contributed by atoms with E-state index in [1.54, 1.807) is 7.11 Å². The number of carbonyl (C=O) groups is 2. The number of methoxy groups -OCH3 is 1. The molecule has 0 aromatic heterocycles. The highest BCUT2D eigenvalue weighted by atomic mass is 19.1. The third kappa shape index (κ3) is 5.51. The number of esters is 1. The van der Waals surface area contributed by atoms with E-state index in [-0.39, 0.29) is 18.3 Å². The predicted octanol–water partition coefficient (Wildman–Crippen LogP) is 5.45. The zero-order valence-electron chi connectivity index (χ0n) is 20.3. The van der Waals surface area contributed by atoms with E-state index in [4.69, 9.17) is 9.47 Å². The molecule has 0 radical (unpaired) electrons. The molecule has 0 N–H and O–H groups in total. The van der Waals surface area contributed by atoms with Gasteiger partial charge in [0.05, 0.1) is 25.3 Å². The number of carbonyl (C=O) groups excluding carboxylic acids is 2. The lowest BCUT2D eigenvalue weighted by molar-refractivity contribution is -0.152. The quantitative estimate of drug-likeness (QED) is 0.319. The molecule has 37 heavy (non-hydrogen) atoms. The summed E-state index contributed by atoms with van der Waals surface area (Å²) in [4.78, 5) is 25.5. The highest BCUT2D eigenvalue weighted by Crippen LogP contribution is 2.34. The van der Waals surface area contributed by atoms with Gasteiger partial charge in [0.25, 0.3) is 5.91 Å². The van der Waals surface area contributed by atoms with Gasteiger partial charge in [0.15, 0.2) is 6.61 Å². The Hall–Kier alpha value is -4.52. The van der Waals surface area contributed by atoms with Gasteiger partial charge < -0.3 is 9.47 Å². The summed E-state index contributed by atoms with van der Waals surface area (Å²) >= 11 is 0. The van der Waals surface area contributed by atoms with E-state index in [2.05, 4.69) is 11.2 Å². The van der Waals surface area contributed by atoms with Crippen LogP contribution in [-0.2, 0) is 20.7 Å². The van der Waals surface area contributed by atoms with Gasteiger partial charge in [0.2, 0.25) is 0 Å².